The lowest BCUT2D eigenvalue weighted by Crippen LogP contribution is -2.41. The molecular formula is C16H26N2OS. The molecule has 1 aliphatic heterocycles. The van der Waals surface area contributed by atoms with Gasteiger partial charge in [-0.3, -0.25) is 4.79 Å². The van der Waals surface area contributed by atoms with Gasteiger partial charge < -0.3 is 9.80 Å². The van der Waals surface area contributed by atoms with Crippen molar-refractivity contribution >= 4 is 17.2 Å². The van der Waals surface area contributed by atoms with E-state index in [0.29, 0.717) is 0 Å². The fourth-order valence-corrected chi connectivity index (χ4v) is 3.53. The van der Waals surface area contributed by atoms with Crippen LogP contribution in [0.15, 0.2) is 17.5 Å². The van der Waals surface area contributed by atoms with Crippen LogP contribution in [0.3, 0.4) is 0 Å². The van der Waals surface area contributed by atoms with E-state index in [9.17, 15) is 4.79 Å². The molecule has 0 aliphatic carbocycles. The average molecular weight is 294 g/mol. The van der Waals surface area contributed by atoms with Crippen LogP contribution in [0.2, 0.25) is 0 Å². The Morgan fingerprint density at radius 3 is 2.80 bits per heavy atom. The predicted octanol–water partition coefficient (Wildman–Crippen LogP) is 3.33. The number of hydrogen-bond donors (Lipinski definition) is 0. The third-order valence-electron chi connectivity index (χ3n) is 4.10. The Balaban J connectivity index is 1.73. The van der Waals surface area contributed by atoms with Crippen molar-refractivity contribution in [3.8, 4) is 0 Å². The monoisotopic (exact) mass is 294 g/mol. The molecule has 0 atom stereocenters. The van der Waals surface area contributed by atoms with Crippen LogP contribution >= 0.6 is 11.3 Å². The number of unbranched alkanes of at least 4 members (excludes halogenated alkanes) is 1. The third-order valence-corrected chi connectivity index (χ3v) is 4.95. The molecule has 112 valence electrons. The van der Waals surface area contributed by atoms with E-state index in [0.717, 1.165) is 36.7 Å². The molecule has 0 radical (unpaired) electrons. The smallest absolute Gasteiger partial charge is 0.263 e. The molecule has 0 unspecified atom stereocenters. The molecule has 0 N–H and O–H groups in total. The summed E-state index contributed by atoms with van der Waals surface area (Å²) >= 11 is 1.55. The highest BCUT2D eigenvalue weighted by atomic mass is 32.1. The fourth-order valence-electron chi connectivity index (χ4n) is 2.83. The minimum absolute atomic E-state index is 0.220. The second-order valence-corrected chi connectivity index (χ2v) is 6.78. The van der Waals surface area contributed by atoms with Crippen LogP contribution in [0, 0.1) is 5.92 Å². The van der Waals surface area contributed by atoms with E-state index >= 15 is 0 Å². The van der Waals surface area contributed by atoms with Crippen LogP contribution in [-0.2, 0) is 0 Å². The highest BCUT2D eigenvalue weighted by Gasteiger charge is 2.24. The number of piperidine rings is 1. The molecule has 1 saturated heterocycles. The lowest BCUT2D eigenvalue weighted by molar-refractivity contribution is 0.0678. The van der Waals surface area contributed by atoms with Gasteiger partial charge in [-0.15, -0.1) is 11.3 Å². The van der Waals surface area contributed by atoms with Gasteiger partial charge in [-0.05, 0) is 50.2 Å². The fraction of sp³-hybridized carbons (Fsp3) is 0.688. The first kappa shape index (κ1) is 15.5. The zero-order valence-corrected chi connectivity index (χ0v) is 13.5. The Bertz CT molecular complexity index is 397. The quantitative estimate of drug-likeness (QED) is 0.803. The minimum atomic E-state index is 0.220. The van der Waals surface area contributed by atoms with E-state index in [1.54, 1.807) is 11.3 Å². The van der Waals surface area contributed by atoms with Gasteiger partial charge in [0.05, 0.1) is 4.88 Å². The molecule has 4 heteroatoms. The van der Waals surface area contributed by atoms with Crippen molar-refractivity contribution in [1.82, 2.24) is 9.80 Å². The number of amides is 1. The van der Waals surface area contributed by atoms with E-state index in [1.165, 1.54) is 25.9 Å². The van der Waals surface area contributed by atoms with Crippen LogP contribution in [0.25, 0.3) is 0 Å². The van der Waals surface area contributed by atoms with Crippen molar-refractivity contribution in [1.29, 1.82) is 0 Å². The largest absolute Gasteiger partial charge is 0.338 e. The molecule has 0 bridgehead atoms. The Morgan fingerprint density at radius 2 is 2.20 bits per heavy atom. The van der Waals surface area contributed by atoms with E-state index in [1.807, 2.05) is 22.4 Å². The number of hydrogen-bond acceptors (Lipinski definition) is 3. The summed E-state index contributed by atoms with van der Waals surface area (Å²) in [5, 5.41) is 1.97. The van der Waals surface area contributed by atoms with Gasteiger partial charge in [0.2, 0.25) is 0 Å². The molecule has 20 heavy (non-hydrogen) atoms. The summed E-state index contributed by atoms with van der Waals surface area (Å²) in [4.78, 5) is 17.6. The topological polar surface area (TPSA) is 23.6 Å². The predicted molar refractivity (Wildman–Crippen MR) is 85.4 cm³/mol. The summed E-state index contributed by atoms with van der Waals surface area (Å²) < 4.78 is 0. The van der Waals surface area contributed by atoms with Crippen molar-refractivity contribution in [2.75, 3.05) is 33.2 Å². The number of likely N-dealkylation sites (tertiary alicyclic amines) is 1. The first-order chi connectivity index (χ1) is 9.70. The lowest BCUT2D eigenvalue weighted by Gasteiger charge is -2.33. The molecule has 0 saturated carbocycles. The van der Waals surface area contributed by atoms with Crippen LogP contribution in [-0.4, -0.2) is 48.9 Å². The van der Waals surface area contributed by atoms with Gasteiger partial charge >= 0.3 is 0 Å². The van der Waals surface area contributed by atoms with Crippen LogP contribution < -0.4 is 0 Å². The number of rotatable bonds is 6. The summed E-state index contributed by atoms with van der Waals surface area (Å²) in [5.74, 6) is 0.974. The number of carbonyl (C=O) groups is 1. The third kappa shape index (κ3) is 4.32. The second kappa shape index (κ2) is 7.79. The van der Waals surface area contributed by atoms with E-state index in [4.69, 9.17) is 0 Å². The first-order valence-electron chi connectivity index (χ1n) is 7.72. The maximum absolute atomic E-state index is 12.3. The van der Waals surface area contributed by atoms with Crippen LogP contribution in [0.1, 0.15) is 42.3 Å². The molecule has 3 nitrogen and oxygen atoms in total. The highest BCUT2D eigenvalue weighted by Crippen LogP contribution is 2.21. The Hall–Kier alpha value is -0.870. The zero-order valence-electron chi connectivity index (χ0n) is 12.7. The van der Waals surface area contributed by atoms with Crippen LogP contribution in [0.5, 0.6) is 0 Å². The Labute approximate surface area is 126 Å². The Morgan fingerprint density at radius 1 is 1.45 bits per heavy atom. The van der Waals surface area contributed by atoms with Gasteiger partial charge in [-0.25, -0.2) is 0 Å². The first-order valence-corrected chi connectivity index (χ1v) is 8.60. The van der Waals surface area contributed by atoms with Crippen molar-refractivity contribution in [3.63, 3.8) is 0 Å². The lowest BCUT2D eigenvalue weighted by atomic mass is 9.96. The van der Waals surface area contributed by atoms with E-state index in [2.05, 4.69) is 18.9 Å². The number of thiophene rings is 1. The maximum atomic E-state index is 12.3. The standard InChI is InChI=1S/C16H26N2OS/c1-3-4-9-17(2)13-14-7-10-18(11-8-14)16(19)15-6-5-12-20-15/h5-6,12,14H,3-4,7-11,13H2,1-2H3. The Kier molecular flexibility index (Phi) is 6.05. The summed E-state index contributed by atoms with van der Waals surface area (Å²) in [6, 6.07) is 3.88. The van der Waals surface area contributed by atoms with Gasteiger partial charge in [0.1, 0.15) is 0 Å². The molecule has 1 aromatic rings. The average Bonchev–Trinajstić information content (AvgIpc) is 2.99. The molecule has 1 aliphatic rings. The van der Waals surface area contributed by atoms with Crippen molar-refractivity contribution < 1.29 is 4.79 Å². The summed E-state index contributed by atoms with van der Waals surface area (Å²) in [7, 11) is 2.22. The van der Waals surface area contributed by atoms with Gasteiger partial charge in [-0.1, -0.05) is 19.4 Å². The van der Waals surface area contributed by atoms with Crippen molar-refractivity contribution in [2.24, 2.45) is 5.92 Å². The molecule has 0 spiro atoms. The van der Waals surface area contributed by atoms with Gasteiger partial charge in [0.25, 0.3) is 5.91 Å². The summed E-state index contributed by atoms with van der Waals surface area (Å²) in [6.07, 6.45) is 4.84. The van der Waals surface area contributed by atoms with E-state index < -0.39 is 0 Å². The summed E-state index contributed by atoms with van der Waals surface area (Å²) in [5.41, 5.74) is 0. The number of nitrogens with zero attached hydrogens (tertiary/aromatic N) is 2. The van der Waals surface area contributed by atoms with Gasteiger partial charge in [-0.2, -0.15) is 0 Å². The summed E-state index contributed by atoms with van der Waals surface area (Å²) in [6.45, 7) is 6.46. The van der Waals surface area contributed by atoms with Crippen molar-refractivity contribution in [2.45, 2.75) is 32.6 Å². The minimum Gasteiger partial charge on any atom is -0.338 e. The molecule has 1 fully saturated rings. The van der Waals surface area contributed by atoms with Crippen molar-refractivity contribution in [3.05, 3.63) is 22.4 Å². The molecule has 1 amide bonds. The maximum Gasteiger partial charge on any atom is 0.263 e. The molecular weight excluding hydrogens is 268 g/mol. The molecule has 2 rings (SSSR count). The van der Waals surface area contributed by atoms with Gasteiger partial charge in [0.15, 0.2) is 0 Å². The molecule has 2 heterocycles. The van der Waals surface area contributed by atoms with Crippen LogP contribution in [0.4, 0.5) is 0 Å². The highest BCUT2D eigenvalue weighted by molar-refractivity contribution is 7.12. The second-order valence-electron chi connectivity index (χ2n) is 5.83. The molecule has 0 aromatic carbocycles. The zero-order chi connectivity index (χ0) is 14.4. The molecule has 1 aromatic heterocycles. The van der Waals surface area contributed by atoms with Gasteiger partial charge in [0, 0.05) is 19.6 Å². The van der Waals surface area contributed by atoms with E-state index in [-0.39, 0.29) is 5.91 Å². The number of carbonyl (C=O) groups excluding carboxylic acids is 1. The SMILES string of the molecule is CCCCN(C)CC1CCN(C(=O)c2cccs2)CC1. The normalized spacial score (nSPS) is 16.9.